The van der Waals surface area contributed by atoms with Crippen LogP contribution in [0, 0.1) is 6.92 Å². The average Bonchev–Trinajstić information content (AvgIpc) is 2.70. The first-order valence-electron chi connectivity index (χ1n) is 9.71. The molecule has 0 bridgehead atoms. The molecule has 0 spiro atoms. The van der Waals surface area contributed by atoms with E-state index in [2.05, 4.69) is 16.5 Å². The van der Waals surface area contributed by atoms with Crippen molar-refractivity contribution in [3.8, 4) is 0 Å². The molecule has 0 saturated carbocycles. The Bertz CT molecular complexity index is 1090. The molecule has 1 N–H and O–H groups in total. The highest BCUT2D eigenvalue weighted by molar-refractivity contribution is 7.91. The summed E-state index contributed by atoms with van der Waals surface area (Å²) in [7, 11) is -3.88. The van der Waals surface area contributed by atoms with Gasteiger partial charge in [0.15, 0.2) is 5.03 Å². The molecule has 0 saturated heterocycles. The number of benzene rings is 1. The Morgan fingerprint density at radius 1 is 1.21 bits per heavy atom. The molecule has 3 rings (SSSR count). The Balaban J connectivity index is 1.69. The van der Waals surface area contributed by atoms with Gasteiger partial charge >= 0.3 is 0 Å². The van der Waals surface area contributed by atoms with Crippen LogP contribution >= 0.6 is 0 Å². The molecule has 2 aromatic rings. The van der Waals surface area contributed by atoms with Crippen molar-refractivity contribution in [3.05, 3.63) is 64.0 Å². The van der Waals surface area contributed by atoms with Gasteiger partial charge in [-0.1, -0.05) is 23.8 Å². The summed E-state index contributed by atoms with van der Waals surface area (Å²) in [6.07, 6.45) is 7.56. The molecular formula is C21H25N3O4S. The van der Waals surface area contributed by atoms with Crippen LogP contribution in [0.2, 0.25) is 0 Å². The standard InChI is InChI=1S/C21H25N3O4S/c1-16-6-5-9-18(14-16)29(27,28)20-10-11-21(26)24(23-20)15-19(25)22-13-12-17-7-3-2-4-8-17/h5-7,9-11,14H,2-4,8,12-13,15H2,1H3,(H,22,25). The van der Waals surface area contributed by atoms with Gasteiger partial charge in [-0.2, -0.15) is 5.10 Å². The number of allylic oxidation sites excluding steroid dienone is 1. The summed E-state index contributed by atoms with van der Waals surface area (Å²) >= 11 is 0. The number of nitrogens with zero attached hydrogens (tertiary/aromatic N) is 2. The molecule has 8 heteroatoms. The number of hydrogen-bond donors (Lipinski definition) is 1. The molecule has 0 unspecified atom stereocenters. The summed E-state index contributed by atoms with van der Waals surface area (Å²) in [5.41, 5.74) is 1.61. The Morgan fingerprint density at radius 2 is 2.03 bits per heavy atom. The number of amides is 1. The van der Waals surface area contributed by atoms with E-state index in [-0.39, 0.29) is 22.4 Å². The van der Waals surface area contributed by atoms with E-state index in [1.54, 1.807) is 25.1 Å². The van der Waals surface area contributed by atoms with Gasteiger partial charge in [0.1, 0.15) is 6.54 Å². The van der Waals surface area contributed by atoms with Gasteiger partial charge < -0.3 is 5.32 Å². The third-order valence-electron chi connectivity index (χ3n) is 4.86. The lowest BCUT2D eigenvalue weighted by Gasteiger charge is -2.13. The van der Waals surface area contributed by atoms with Crippen LogP contribution in [-0.4, -0.2) is 30.7 Å². The molecule has 29 heavy (non-hydrogen) atoms. The summed E-state index contributed by atoms with van der Waals surface area (Å²) < 4.78 is 26.5. The van der Waals surface area contributed by atoms with E-state index in [0.29, 0.717) is 6.54 Å². The SMILES string of the molecule is Cc1cccc(S(=O)(=O)c2ccc(=O)n(CC(=O)NCCC3=CCCCC3)n2)c1. The first-order valence-corrected chi connectivity index (χ1v) is 11.2. The van der Waals surface area contributed by atoms with Gasteiger partial charge in [-0.15, -0.1) is 0 Å². The molecular weight excluding hydrogens is 390 g/mol. The fourth-order valence-corrected chi connectivity index (χ4v) is 4.57. The van der Waals surface area contributed by atoms with Crippen molar-refractivity contribution in [2.24, 2.45) is 0 Å². The normalized spacial score (nSPS) is 14.3. The van der Waals surface area contributed by atoms with E-state index in [1.807, 2.05) is 0 Å². The molecule has 1 aliphatic carbocycles. The number of aromatic nitrogens is 2. The van der Waals surface area contributed by atoms with E-state index < -0.39 is 15.4 Å². The van der Waals surface area contributed by atoms with Crippen LogP contribution < -0.4 is 10.9 Å². The van der Waals surface area contributed by atoms with Gasteiger partial charge in [0.25, 0.3) is 5.56 Å². The summed E-state index contributed by atoms with van der Waals surface area (Å²) in [5.74, 6) is -0.374. The van der Waals surface area contributed by atoms with Gasteiger partial charge in [0.2, 0.25) is 15.7 Å². The van der Waals surface area contributed by atoms with Crippen molar-refractivity contribution in [2.45, 2.75) is 55.5 Å². The van der Waals surface area contributed by atoms with Crippen molar-refractivity contribution in [1.29, 1.82) is 0 Å². The van der Waals surface area contributed by atoms with E-state index in [1.165, 1.54) is 30.5 Å². The number of rotatable bonds is 7. The largest absolute Gasteiger partial charge is 0.354 e. The molecule has 1 heterocycles. The van der Waals surface area contributed by atoms with Crippen molar-refractivity contribution >= 4 is 15.7 Å². The highest BCUT2D eigenvalue weighted by atomic mass is 32.2. The zero-order valence-corrected chi connectivity index (χ0v) is 17.2. The molecule has 1 amide bonds. The van der Waals surface area contributed by atoms with Crippen molar-refractivity contribution in [2.75, 3.05) is 6.54 Å². The van der Waals surface area contributed by atoms with Crippen molar-refractivity contribution in [1.82, 2.24) is 15.1 Å². The van der Waals surface area contributed by atoms with Crippen LogP contribution in [0.25, 0.3) is 0 Å². The Hall–Kier alpha value is -2.74. The fraction of sp³-hybridized carbons (Fsp3) is 0.381. The molecule has 0 fully saturated rings. The van der Waals surface area contributed by atoms with Gasteiger partial charge in [-0.05, 0) is 62.8 Å². The lowest BCUT2D eigenvalue weighted by Crippen LogP contribution is -2.34. The Kier molecular flexibility index (Phi) is 6.64. The van der Waals surface area contributed by atoms with Gasteiger partial charge in [-0.3, -0.25) is 9.59 Å². The fourth-order valence-electron chi connectivity index (χ4n) is 3.28. The summed E-state index contributed by atoms with van der Waals surface area (Å²) in [4.78, 5) is 24.4. The number of hydrogen-bond acceptors (Lipinski definition) is 5. The minimum Gasteiger partial charge on any atom is -0.354 e. The van der Waals surface area contributed by atoms with Crippen LogP contribution in [0.4, 0.5) is 0 Å². The van der Waals surface area contributed by atoms with E-state index in [4.69, 9.17) is 0 Å². The van der Waals surface area contributed by atoms with Gasteiger partial charge in [0.05, 0.1) is 4.90 Å². The second-order valence-corrected chi connectivity index (χ2v) is 9.09. The minimum absolute atomic E-state index is 0.0976. The highest BCUT2D eigenvalue weighted by Gasteiger charge is 2.21. The van der Waals surface area contributed by atoms with E-state index in [0.717, 1.165) is 35.6 Å². The van der Waals surface area contributed by atoms with Crippen molar-refractivity contribution < 1.29 is 13.2 Å². The number of nitrogens with one attached hydrogen (secondary N) is 1. The third-order valence-corrected chi connectivity index (χ3v) is 6.51. The Labute approximate surface area is 170 Å². The zero-order valence-electron chi connectivity index (χ0n) is 16.4. The summed E-state index contributed by atoms with van der Waals surface area (Å²) in [6, 6.07) is 8.75. The number of carbonyl (C=O) groups is 1. The highest BCUT2D eigenvalue weighted by Crippen LogP contribution is 2.20. The molecule has 0 aliphatic heterocycles. The molecule has 154 valence electrons. The monoisotopic (exact) mass is 415 g/mol. The minimum atomic E-state index is -3.88. The molecule has 1 aromatic carbocycles. The third kappa shape index (κ3) is 5.41. The first-order chi connectivity index (χ1) is 13.9. The number of carbonyl (C=O) groups excluding carboxylic acids is 1. The predicted molar refractivity (Wildman–Crippen MR) is 109 cm³/mol. The topological polar surface area (TPSA) is 98.1 Å². The average molecular weight is 416 g/mol. The van der Waals surface area contributed by atoms with Crippen molar-refractivity contribution in [3.63, 3.8) is 0 Å². The second-order valence-electron chi connectivity index (χ2n) is 7.20. The van der Waals surface area contributed by atoms with Gasteiger partial charge in [-0.25, -0.2) is 13.1 Å². The lowest BCUT2D eigenvalue weighted by molar-refractivity contribution is -0.121. The molecule has 1 aromatic heterocycles. The van der Waals surface area contributed by atoms with E-state index in [9.17, 15) is 18.0 Å². The molecule has 0 radical (unpaired) electrons. The zero-order chi connectivity index (χ0) is 20.9. The smallest absolute Gasteiger partial charge is 0.267 e. The predicted octanol–water partition coefficient (Wildman–Crippen LogP) is 2.39. The van der Waals surface area contributed by atoms with E-state index >= 15 is 0 Å². The van der Waals surface area contributed by atoms with Crippen LogP contribution in [-0.2, 0) is 21.2 Å². The maximum atomic E-state index is 12.8. The molecule has 0 atom stereocenters. The van der Waals surface area contributed by atoms with Crippen LogP contribution in [0.3, 0.4) is 0 Å². The van der Waals surface area contributed by atoms with Crippen LogP contribution in [0.1, 0.15) is 37.7 Å². The quantitative estimate of drug-likeness (QED) is 0.700. The number of sulfone groups is 1. The first kappa shape index (κ1) is 21.0. The van der Waals surface area contributed by atoms with Gasteiger partial charge in [0, 0.05) is 12.6 Å². The lowest BCUT2D eigenvalue weighted by atomic mass is 9.97. The second kappa shape index (κ2) is 9.17. The molecule has 7 nitrogen and oxygen atoms in total. The maximum absolute atomic E-state index is 12.8. The number of aryl methyl sites for hydroxylation is 1. The van der Waals surface area contributed by atoms with Crippen LogP contribution in [0.15, 0.2) is 62.8 Å². The Morgan fingerprint density at radius 3 is 2.76 bits per heavy atom. The summed E-state index contributed by atoms with van der Waals surface area (Å²) in [5, 5.41) is 6.44. The van der Waals surface area contributed by atoms with Crippen LogP contribution in [0.5, 0.6) is 0 Å². The summed E-state index contributed by atoms with van der Waals surface area (Å²) in [6.45, 7) is 1.96. The molecule has 1 aliphatic rings. The maximum Gasteiger partial charge on any atom is 0.267 e.